The van der Waals surface area contributed by atoms with Crippen LogP contribution in [0.15, 0.2) is 40.4 Å². The van der Waals surface area contributed by atoms with E-state index in [0.717, 1.165) is 5.56 Å². The fourth-order valence-corrected chi connectivity index (χ4v) is 2.52. The van der Waals surface area contributed by atoms with Gasteiger partial charge in [0.2, 0.25) is 15.6 Å². The summed E-state index contributed by atoms with van der Waals surface area (Å²) in [7, 11) is -3.60. The summed E-state index contributed by atoms with van der Waals surface area (Å²) in [6.07, 6.45) is 4.70. The van der Waals surface area contributed by atoms with Crippen LogP contribution in [0.4, 0.5) is 0 Å². The number of pyridine rings is 1. The van der Waals surface area contributed by atoms with Gasteiger partial charge in [-0.05, 0) is 18.6 Å². The Morgan fingerprint density at radius 2 is 2.21 bits per heavy atom. The first kappa shape index (κ1) is 13.5. The van der Waals surface area contributed by atoms with Crippen molar-refractivity contribution in [2.75, 3.05) is 6.54 Å². The van der Waals surface area contributed by atoms with Crippen LogP contribution >= 0.6 is 0 Å². The van der Waals surface area contributed by atoms with Gasteiger partial charge in [-0.25, -0.2) is 13.1 Å². The van der Waals surface area contributed by atoms with E-state index in [0.29, 0.717) is 6.54 Å². The van der Waals surface area contributed by atoms with Gasteiger partial charge in [0, 0.05) is 25.0 Å². The summed E-state index contributed by atoms with van der Waals surface area (Å²) in [5.74, 6) is 0. The third-order valence-electron chi connectivity index (χ3n) is 2.46. The van der Waals surface area contributed by atoms with Gasteiger partial charge in [0.15, 0.2) is 0 Å². The van der Waals surface area contributed by atoms with Crippen molar-refractivity contribution in [3.8, 4) is 0 Å². The lowest BCUT2D eigenvalue weighted by Crippen LogP contribution is -2.28. The van der Waals surface area contributed by atoms with E-state index in [9.17, 15) is 13.2 Å². The number of hydrogen-bond donors (Lipinski definition) is 2. The molecule has 0 saturated carbocycles. The summed E-state index contributed by atoms with van der Waals surface area (Å²) in [6.45, 7) is 2.58. The van der Waals surface area contributed by atoms with E-state index in [1.54, 1.807) is 10.9 Å². The van der Waals surface area contributed by atoms with Gasteiger partial charge in [-0.15, -0.1) is 0 Å². The van der Waals surface area contributed by atoms with Gasteiger partial charge in [-0.2, -0.15) is 5.10 Å². The Morgan fingerprint density at radius 3 is 2.79 bits per heavy atom. The fraction of sp³-hybridized carbons (Fsp3) is 0.273. The van der Waals surface area contributed by atoms with Gasteiger partial charge in [0.05, 0.1) is 17.6 Å². The number of nitrogens with zero attached hydrogens (tertiary/aromatic N) is 2. The molecule has 0 aromatic carbocycles. The normalized spacial score (nSPS) is 11.6. The Morgan fingerprint density at radius 1 is 1.42 bits per heavy atom. The van der Waals surface area contributed by atoms with Crippen LogP contribution in [-0.2, 0) is 16.6 Å². The highest BCUT2D eigenvalue weighted by atomic mass is 32.2. The lowest BCUT2D eigenvalue weighted by atomic mass is 10.4. The van der Waals surface area contributed by atoms with Crippen molar-refractivity contribution in [2.45, 2.75) is 18.4 Å². The van der Waals surface area contributed by atoms with Gasteiger partial charge in [-0.1, -0.05) is 0 Å². The van der Waals surface area contributed by atoms with Crippen LogP contribution in [0, 0.1) is 6.92 Å². The average Bonchev–Trinajstić information content (AvgIpc) is 2.75. The number of aryl methyl sites for hydroxylation is 1. The molecule has 0 bridgehead atoms. The fourth-order valence-electron chi connectivity index (χ4n) is 1.53. The largest absolute Gasteiger partial charge is 0.328 e. The summed E-state index contributed by atoms with van der Waals surface area (Å²) >= 11 is 0. The number of nitrogens with one attached hydrogen (secondary N) is 2. The monoisotopic (exact) mass is 282 g/mol. The maximum absolute atomic E-state index is 11.9. The van der Waals surface area contributed by atoms with E-state index >= 15 is 0 Å². The molecule has 7 nitrogen and oxygen atoms in total. The molecule has 0 aliphatic rings. The van der Waals surface area contributed by atoms with Gasteiger partial charge in [-0.3, -0.25) is 9.48 Å². The predicted molar refractivity (Wildman–Crippen MR) is 69.2 cm³/mol. The highest BCUT2D eigenvalue weighted by molar-refractivity contribution is 7.89. The third kappa shape index (κ3) is 3.52. The van der Waals surface area contributed by atoms with Crippen LogP contribution in [0.25, 0.3) is 0 Å². The molecule has 0 unspecified atom stereocenters. The zero-order valence-electron chi connectivity index (χ0n) is 10.3. The molecule has 2 aromatic rings. The Hall–Kier alpha value is -1.93. The van der Waals surface area contributed by atoms with E-state index in [-0.39, 0.29) is 17.0 Å². The smallest absolute Gasteiger partial charge is 0.247 e. The number of rotatable bonds is 5. The van der Waals surface area contributed by atoms with Crippen molar-refractivity contribution in [2.24, 2.45) is 0 Å². The first-order chi connectivity index (χ1) is 8.97. The molecular weight excluding hydrogens is 268 g/mol. The van der Waals surface area contributed by atoms with Crippen LogP contribution in [-0.4, -0.2) is 29.7 Å². The molecule has 2 heterocycles. The van der Waals surface area contributed by atoms with Gasteiger partial charge >= 0.3 is 0 Å². The second-order valence-electron chi connectivity index (χ2n) is 4.07. The molecule has 19 heavy (non-hydrogen) atoms. The molecule has 0 amide bonds. The first-order valence-electron chi connectivity index (χ1n) is 5.65. The van der Waals surface area contributed by atoms with Crippen LogP contribution < -0.4 is 10.3 Å². The van der Waals surface area contributed by atoms with Gasteiger partial charge in [0.1, 0.15) is 0 Å². The number of H-pyrrole nitrogens is 1. The second kappa shape index (κ2) is 5.37. The summed E-state index contributed by atoms with van der Waals surface area (Å²) < 4.78 is 27.9. The van der Waals surface area contributed by atoms with Crippen molar-refractivity contribution < 1.29 is 8.42 Å². The van der Waals surface area contributed by atoms with Crippen LogP contribution in [0.1, 0.15) is 5.56 Å². The quantitative estimate of drug-likeness (QED) is 0.797. The van der Waals surface area contributed by atoms with E-state index in [1.807, 2.05) is 13.1 Å². The average molecular weight is 282 g/mol. The Bertz CT molecular complexity index is 697. The van der Waals surface area contributed by atoms with Crippen LogP contribution in [0.2, 0.25) is 0 Å². The SMILES string of the molecule is Cc1cnn(CCNS(=O)(=O)c2ccc(=O)[nH]c2)c1. The minimum atomic E-state index is -3.60. The Labute approximate surface area is 110 Å². The third-order valence-corrected chi connectivity index (χ3v) is 3.92. The van der Waals surface area contributed by atoms with Crippen molar-refractivity contribution in [3.63, 3.8) is 0 Å². The second-order valence-corrected chi connectivity index (χ2v) is 5.83. The standard InChI is InChI=1S/C11H14N4O3S/c1-9-6-13-15(8-9)5-4-14-19(17,18)10-2-3-11(16)12-7-10/h2-3,6-8,14H,4-5H2,1H3,(H,12,16). The summed E-state index contributed by atoms with van der Waals surface area (Å²) in [5, 5.41) is 4.05. The maximum atomic E-state index is 11.9. The lowest BCUT2D eigenvalue weighted by Gasteiger charge is -2.06. The summed E-state index contributed by atoms with van der Waals surface area (Å²) in [4.78, 5) is 13.2. The molecule has 8 heteroatoms. The molecule has 0 radical (unpaired) electrons. The van der Waals surface area contributed by atoms with Crippen LogP contribution in [0.5, 0.6) is 0 Å². The molecule has 0 atom stereocenters. The number of aromatic nitrogens is 3. The topological polar surface area (TPSA) is 96.8 Å². The summed E-state index contributed by atoms with van der Waals surface area (Å²) in [5.41, 5.74) is 0.675. The first-order valence-corrected chi connectivity index (χ1v) is 7.13. The molecular formula is C11H14N4O3S. The maximum Gasteiger partial charge on any atom is 0.247 e. The highest BCUT2D eigenvalue weighted by Crippen LogP contribution is 2.03. The minimum absolute atomic E-state index is 0.0312. The van der Waals surface area contributed by atoms with Crippen molar-refractivity contribution in [1.29, 1.82) is 0 Å². The molecule has 0 saturated heterocycles. The van der Waals surface area contributed by atoms with Crippen molar-refractivity contribution in [3.05, 3.63) is 46.6 Å². The number of hydrogen-bond acceptors (Lipinski definition) is 4. The molecule has 0 aliphatic carbocycles. The molecule has 0 aliphatic heterocycles. The lowest BCUT2D eigenvalue weighted by molar-refractivity contribution is 0.560. The van der Waals surface area contributed by atoms with Crippen LogP contribution in [0.3, 0.4) is 0 Å². The minimum Gasteiger partial charge on any atom is -0.328 e. The Kier molecular flexibility index (Phi) is 3.82. The molecule has 0 spiro atoms. The summed E-state index contributed by atoms with van der Waals surface area (Å²) in [6, 6.07) is 2.44. The molecule has 2 aromatic heterocycles. The molecule has 2 rings (SSSR count). The Balaban J connectivity index is 1.98. The number of aromatic amines is 1. The van der Waals surface area contributed by atoms with E-state index in [2.05, 4.69) is 14.8 Å². The highest BCUT2D eigenvalue weighted by Gasteiger charge is 2.13. The zero-order chi connectivity index (χ0) is 13.9. The van der Waals surface area contributed by atoms with E-state index in [4.69, 9.17) is 0 Å². The van der Waals surface area contributed by atoms with E-state index in [1.165, 1.54) is 18.3 Å². The predicted octanol–water partition coefficient (Wildman–Crippen LogP) is -0.142. The molecule has 0 fully saturated rings. The molecule has 2 N–H and O–H groups in total. The van der Waals surface area contributed by atoms with E-state index < -0.39 is 10.0 Å². The van der Waals surface area contributed by atoms with Crippen molar-refractivity contribution >= 4 is 10.0 Å². The van der Waals surface area contributed by atoms with Gasteiger partial charge < -0.3 is 4.98 Å². The number of sulfonamides is 1. The van der Waals surface area contributed by atoms with Gasteiger partial charge in [0.25, 0.3) is 0 Å². The molecule has 102 valence electrons. The van der Waals surface area contributed by atoms with Crippen molar-refractivity contribution in [1.82, 2.24) is 19.5 Å². The zero-order valence-corrected chi connectivity index (χ0v) is 11.1.